The van der Waals surface area contributed by atoms with Crippen molar-refractivity contribution in [2.75, 3.05) is 38.6 Å². The minimum absolute atomic E-state index is 0.0831. The van der Waals surface area contributed by atoms with E-state index in [-0.39, 0.29) is 11.9 Å². The summed E-state index contributed by atoms with van der Waals surface area (Å²) in [6.07, 6.45) is 5.35. The molecule has 0 aliphatic carbocycles. The van der Waals surface area contributed by atoms with Gasteiger partial charge in [0.2, 0.25) is 5.91 Å². The first-order valence-electron chi connectivity index (χ1n) is 10.9. The van der Waals surface area contributed by atoms with Gasteiger partial charge in [-0.05, 0) is 57.1 Å². The topological polar surface area (TPSA) is 103 Å². The lowest BCUT2D eigenvalue weighted by atomic mass is 9.87. The number of hydrogen-bond donors (Lipinski definition) is 3. The van der Waals surface area contributed by atoms with Crippen molar-refractivity contribution in [2.24, 2.45) is 5.73 Å². The molecule has 1 aromatic carbocycles. The number of nitrogens with zero attached hydrogens (tertiary/aromatic N) is 4. The van der Waals surface area contributed by atoms with Crippen LogP contribution in [0.5, 0.6) is 0 Å². The van der Waals surface area contributed by atoms with Crippen molar-refractivity contribution in [1.82, 2.24) is 25.2 Å². The Hall–Kier alpha value is -2.68. The highest BCUT2D eigenvalue weighted by molar-refractivity contribution is 6.30. The molecule has 3 aromatic rings. The zero-order chi connectivity index (χ0) is 22.7. The molecule has 1 fully saturated rings. The largest absolute Gasteiger partial charge is 0.356 e. The van der Waals surface area contributed by atoms with E-state index in [0.717, 1.165) is 28.3 Å². The number of carbonyl (C=O) groups excluding carboxylic acids is 1. The third-order valence-corrected chi connectivity index (χ3v) is 6.57. The van der Waals surface area contributed by atoms with Crippen LogP contribution in [0.25, 0.3) is 11.0 Å². The molecule has 1 saturated heterocycles. The fourth-order valence-electron chi connectivity index (χ4n) is 4.36. The third kappa shape index (κ3) is 4.72. The van der Waals surface area contributed by atoms with Crippen molar-refractivity contribution in [2.45, 2.75) is 30.8 Å². The van der Waals surface area contributed by atoms with Crippen molar-refractivity contribution in [3.8, 4) is 0 Å². The quantitative estimate of drug-likeness (QED) is 0.506. The Labute approximate surface area is 193 Å². The smallest absolute Gasteiger partial charge is 0.240 e. The number of carbonyl (C=O) groups is 1. The second-order valence-electron chi connectivity index (χ2n) is 8.66. The van der Waals surface area contributed by atoms with Gasteiger partial charge in [0.05, 0.1) is 10.9 Å². The Balaban J connectivity index is 1.32. The molecule has 0 bridgehead atoms. The Morgan fingerprint density at radius 1 is 1.25 bits per heavy atom. The van der Waals surface area contributed by atoms with Crippen LogP contribution in [-0.4, -0.2) is 65.0 Å². The summed E-state index contributed by atoms with van der Waals surface area (Å²) >= 11 is 6.02. The van der Waals surface area contributed by atoms with Crippen molar-refractivity contribution in [3.63, 3.8) is 0 Å². The van der Waals surface area contributed by atoms with Gasteiger partial charge < -0.3 is 25.8 Å². The summed E-state index contributed by atoms with van der Waals surface area (Å²) in [5, 5.41) is 4.78. The van der Waals surface area contributed by atoms with Crippen LogP contribution in [0, 0.1) is 0 Å². The second-order valence-corrected chi connectivity index (χ2v) is 9.09. The Morgan fingerprint density at radius 3 is 2.66 bits per heavy atom. The van der Waals surface area contributed by atoms with Crippen LogP contribution in [0.3, 0.4) is 0 Å². The van der Waals surface area contributed by atoms with Gasteiger partial charge in [-0.15, -0.1) is 0 Å². The van der Waals surface area contributed by atoms with Gasteiger partial charge in [0, 0.05) is 36.9 Å². The SMILES string of the molecule is CN(C)C(CCNC(=O)C1(N)CCN(c2ncnc3[nH]ccc23)CC1)c1ccc(Cl)cc1. The molecule has 170 valence electrons. The van der Waals surface area contributed by atoms with Crippen LogP contribution < -0.4 is 16.0 Å². The first-order chi connectivity index (χ1) is 15.4. The van der Waals surface area contributed by atoms with E-state index in [4.69, 9.17) is 17.3 Å². The number of hydrogen-bond acceptors (Lipinski definition) is 6. The Kier molecular flexibility index (Phi) is 6.64. The van der Waals surface area contributed by atoms with Gasteiger partial charge in [0.15, 0.2) is 0 Å². The van der Waals surface area contributed by atoms with E-state index in [1.165, 1.54) is 5.56 Å². The van der Waals surface area contributed by atoms with Crippen LogP contribution in [0.4, 0.5) is 5.82 Å². The van der Waals surface area contributed by atoms with E-state index >= 15 is 0 Å². The minimum Gasteiger partial charge on any atom is -0.356 e. The highest BCUT2D eigenvalue weighted by atomic mass is 35.5. The number of anilines is 1. The lowest BCUT2D eigenvalue weighted by Crippen LogP contribution is -2.59. The molecule has 1 amide bonds. The van der Waals surface area contributed by atoms with E-state index in [9.17, 15) is 4.79 Å². The summed E-state index contributed by atoms with van der Waals surface area (Å²) in [5.41, 5.74) is 7.66. The number of fused-ring (bicyclic) bond motifs is 1. The van der Waals surface area contributed by atoms with Crippen molar-refractivity contribution < 1.29 is 4.79 Å². The van der Waals surface area contributed by atoms with Gasteiger partial charge >= 0.3 is 0 Å². The van der Waals surface area contributed by atoms with Crippen molar-refractivity contribution in [1.29, 1.82) is 0 Å². The van der Waals surface area contributed by atoms with Gasteiger partial charge in [0.1, 0.15) is 17.8 Å². The van der Waals surface area contributed by atoms with E-state index < -0.39 is 5.54 Å². The summed E-state index contributed by atoms with van der Waals surface area (Å²) in [6, 6.07) is 10.0. The molecule has 1 unspecified atom stereocenters. The Morgan fingerprint density at radius 2 is 1.97 bits per heavy atom. The Bertz CT molecular complexity index is 1060. The van der Waals surface area contributed by atoms with Crippen molar-refractivity contribution >= 4 is 34.4 Å². The maximum absolute atomic E-state index is 13.0. The third-order valence-electron chi connectivity index (χ3n) is 6.32. The minimum atomic E-state index is -0.866. The van der Waals surface area contributed by atoms with Crippen molar-refractivity contribution in [3.05, 3.63) is 53.4 Å². The number of rotatable bonds is 7. The molecule has 0 saturated carbocycles. The molecule has 32 heavy (non-hydrogen) atoms. The summed E-state index contributed by atoms with van der Waals surface area (Å²) in [7, 11) is 4.08. The fourth-order valence-corrected chi connectivity index (χ4v) is 4.49. The van der Waals surface area contributed by atoms with Gasteiger partial charge in [-0.25, -0.2) is 9.97 Å². The molecule has 1 atom stereocenters. The molecule has 3 heterocycles. The molecule has 9 heteroatoms. The number of piperidine rings is 1. The lowest BCUT2D eigenvalue weighted by molar-refractivity contribution is -0.127. The number of nitrogens with one attached hydrogen (secondary N) is 2. The molecule has 0 spiro atoms. The summed E-state index contributed by atoms with van der Waals surface area (Å²) in [5.74, 6) is 0.802. The maximum atomic E-state index is 13.0. The number of halogens is 1. The molecule has 8 nitrogen and oxygen atoms in total. The number of amides is 1. The molecule has 4 rings (SSSR count). The molecule has 1 aliphatic heterocycles. The molecule has 1 aliphatic rings. The standard InChI is InChI=1S/C23H30ClN7O/c1-30(2)19(16-3-5-17(24)6-4-16)8-12-27-22(32)23(25)9-13-31(14-10-23)21-18-7-11-26-20(18)28-15-29-21/h3-7,11,15,19H,8-10,12-14,25H2,1-2H3,(H,27,32)(H,26,28,29). The van der Waals surface area contributed by atoms with Crippen LogP contribution in [0.2, 0.25) is 5.02 Å². The summed E-state index contributed by atoms with van der Waals surface area (Å²) < 4.78 is 0. The van der Waals surface area contributed by atoms with Gasteiger partial charge in [-0.2, -0.15) is 0 Å². The lowest BCUT2D eigenvalue weighted by Gasteiger charge is -2.38. The average Bonchev–Trinajstić information content (AvgIpc) is 3.27. The predicted octanol–water partition coefficient (Wildman–Crippen LogP) is 2.72. The molecule has 2 aromatic heterocycles. The van der Waals surface area contributed by atoms with Crippen LogP contribution in [0.1, 0.15) is 30.9 Å². The first kappa shape index (κ1) is 22.5. The van der Waals surface area contributed by atoms with Crippen LogP contribution >= 0.6 is 11.6 Å². The summed E-state index contributed by atoms with van der Waals surface area (Å²) in [4.78, 5) is 29.1. The zero-order valence-corrected chi connectivity index (χ0v) is 19.3. The predicted molar refractivity (Wildman–Crippen MR) is 128 cm³/mol. The van der Waals surface area contributed by atoms with E-state index in [1.807, 2.05) is 50.6 Å². The number of aromatic amines is 1. The van der Waals surface area contributed by atoms with E-state index in [0.29, 0.717) is 32.5 Å². The fraction of sp³-hybridized carbons (Fsp3) is 0.435. The number of benzene rings is 1. The van der Waals surface area contributed by atoms with E-state index in [1.54, 1.807) is 6.33 Å². The maximum Gasteiger partial charge on any atom is 0.240 e. The van der Waals surface area contributed by atoms with Crippen LogP contribution in [0.15, 0.2) is 42.9 Å². The molecular formula is C23H30ClN7O. The van der Waals surface area contributed by atoms with Crippen LogP contribution in [-0.2, 0) is 4.79 Å². The normalized spacial score (nSPS) is 17.0. The van der Waals surface area contributed by atoms with Gasteiger partial charge in [-0.3, -0.25) is 4.79 Å². The first-order valence-corrected chi connectivity index (χ1v) is 11.3. The van der Waals surface area contributed by atoms with Gasteiger partial charge in [0.25, 0.3) is 0 Å². The second kappa shape index (κ2) is 9.44. The number of H-pyrrole nitrogens is 1. The molecule has 0 radical (unpaired) electrons. The number of nitrogens with two attached hydrogens (primary N) is 1. The number of aromatic nitrogens is 3. The highest BCUT2D eigenvalue weighted by Gasteiger charge is 2.38. The van der Waals surface area contributed by atoms with E-state index in [2.05, 4.69) is 30.1 Å². The zero-order valence-electron chi connectivity index (χ0n) is 18.5. The van der Waals surface area contributed by atoms with Gasteiger partial charge in [-0.1, -0.05) is 23.7 Å². The highest BCUT2D eigenvalue weighted by Crippen LogP contribution is 2.28. The molecular weight excluding hydrogens is 426 g/mol. The average molecular weight is 456 g/mol. The summed E-state index contributed by atoms with van der Waals surface area (Å²) in [6.45, 7) is 1.90. The molecule has 4 N–H and O–H groups in total. The monoisotopic (exact) mass is 455 g/mol.